The number of ether oxygens (including phenoxy) is 1. The van der Waals surface area contributed by atoms with Crippen molar-refractivity contribution in [3.63, 3.8) is 0 Å². The quantitative estimate of drug-likeness (QED) is 0.528. The molecule has 3 atom stereocenters. The summed E-state index contributed by atoms with van der Waals surface area (Å²) in [4.78, 5) is 12.3. The van der Waals surface area contributed by atoms with E-state index in [2.05, 4.69) is 26.0 Å². The summed E-state index contributed by atoms with van der Waals surface area (Å²) in [6.45, 7) is 4.28. The van der Waals surface area contributed by atoms with Crippen molar-refractivity contribution in [1.82, 2.24) is 0 Å². The van der Waals surface area contributed by atoms with Gasteiger partial charge in [-0.3, -0.25) is 4.79 Å². The van der Waals surface area contributed by atoms with Gasteiger partial charge in [0.15, 0.2) is 0 Å². The minimum atomic E-state index is -0.157. The smallest absolute Gasteiger partial charge is 0.313 e. The lowest BCUT2D eigenvalue weighted by molar-refractivity contribution is -0.155. The Kier molecular flexibility index (Phi) is 2.02. The number of carbonyl (C=O) groups excluding carboxylic acids is 1. The predicted molar refractivity (Wildman–Crippen MR) is 61.8 cm³/mol. The molecule has 0 N–H and O–H groups in total. The van der Waals surface area contributed by atoms with Gasteiger partial charge in [-0.05, 0) is 37.5 Å². The van der Waals surface area contributed by atoms with Crippen LogP contribution in [-0.4, -0.2) is 11.6 Å². The van der Waals surface area contributed by atoms with Crippen LogP contribution in [0.3, 0.4) is 0 Å². The zero-order valence-electron chi connectivity index (χ0n) is 10.2. The molecule has 2 bridgehead atoms. The monoisotopic (exact) mass is 220 g/mol. The van der Waals surface area contributed by atoms with Crippen LogP contribution in [0.15, 0.2) is 12.2 Å². The summed E-state index contributed by atoms with van der Waals surface area (Å²) in [6.07, 6.45) is 9.64. The lowest BCUT2D eigenvalue weighted by Crippen LogP contribution is -2.32. The van der Waals surface area contributed by atoms with Crippen LogP contribution in [0.2, 0.25) is 0 Å². The van der Waals surface area contributed by atoms with E-state index in [1.807, 2.05) is 0 Å². The van der Waals surface area contributed by atoms with Crippen molar-refractivity contribution in [2.24, 2.45) is 17.3 Å². The standard InChI is InChI=1S/C14H20O2/c1-3-13(4-2)9-14(12(15)16-13)8-10-5-6-11(14)7-10/h5-6,10-11H,3-4,7-9H2,1-2H3. The molecule has 88 valence electrons. The van der Waals surface area contributed by atoms with Gasteiger partial charge in [-0.25, -0.2) is 0 Å². The summed E-state index contributed by atoms with van der Waals surface area (Å²) in [5.74, 6) is 1.19. The van der Waals surface area contributed by atoms with Gasteiger partial charge in [0, 0.05) is 6.42 Å². The largest absolute Gasteiger partial charge is 0.459 e. The van der Waals surface area contributed by atoms with E-state index < -0.39 is 0 Å². The Hall–Kier alpha value is -0.790. The lowest BCUT2D eigenvalue weighted by Gasteiger charge is -2.29. The summed E-state index contributed by atoms with van der Waals surface area (Å²) < 4.78 is 5.76. The van der Waals surface area contributed by atoms with Crippen LogP contribution in [0.5, 0.6) is 0 Å². The number of hydrogen-bond donors (Lipinski definition) is 0. The molecule has 2 aliphatic carbocycles. The van der Waals surface area contributed by atoms with Crippen molar-refractivity contribution in [3.05, 3.63) is 12.2 Å². The molecule has 1 saturated heterocycles. The molecule has 0 aromatic rings. The van der Waals surface area contributed by atoms with Gasteiger partial charge in [-0.2, -0.15) is 0 Å². The highest BCUT2D eigenvalue weighted by atomic mass is 16.6. The molecule has 1 heterocycles. The molecule has 0 amide bonds. The van der Waals surface area contributed by atoms with Crippen LogP contribution in [0, 0.1) is 17.3 Å². The third kappa shape index (κ3) is 1.11. The molecule has 0 aromatic carbocycles. The van der Waals surface area contributed by atoms with Crippen LogP contribution in [0.25, 0.3) is 0 Å². The molecule has 3 aliphatic rings. The molecule has 1 spiro atoms. The van der Waals surface area contributed by atoms with Crippen molar-refractivity contribution in [2.45, 2.75) is 51.6 Å². The van der Waals surface area contributed by atoms with E-state index >= 15 is 0 Å². The Balaban J connectivity index is 1.94. The maximum Gasteiger partial charge on any atom is 0.313 e. The molecule has 2 heteroatoms. The zero-order valence-corrected chi connectivity index (χ0v) is 10.2. The third-order valence-corrected chi connectivity index (χ3v) is 5.15. The van der Waals surface area contributed by atoms with Gasteiger partial charge in [-0.1, -0.05) is 26.0 Å². The number of cyclic esters (lactones) is 1. The summed E-state index contributed by atoms with van der Waals surface area (Å²) in [7, 11) is 0. The summed E-state index contributed by atoms with van der Waals surface area (Å²) in [5, 5.41) is 0. The van der Waals surface area contributed by atoms with Gasteiger partial charge in [0.1, 0.15) is 5.60 Å². The fraction of sp³-hybridized carbons (Fsp3) is 0.786. The van der Waals surface area contributed by atoms with Crippen LogP contribution in [0.1, 0.15) is 46.0 Å². The molecule has 16 heavy (non-hydrogen) atoms. The highest BCUT2D eigenvalue weighted by Crippen LogP contribution is 2.60. The molecule has 0 radical (unpaired) electrons. The molecular formula is C14H20O2. The predicted octanol–water partition coefficient (Wildman–Crippen LogP) is 3.07. The summed E-state index contributed by atoms with van der Waals surface area (Å²) >= 11 is 0. The highest BCUT2D eigenvalue weighted by molar-refractivity contribution is 5.81. The zero-order chi connectivity index (χ0) is 11.4. The third-order valence-electron chi connectivity index (χ3n) is 5.15. The molecule has 1 aliphatic heterocycles. The minimum Gasteiger partial charge on any atom is -0.459 e. The van der Waals surface area contributed by atoms with E-state index in [0.29, 0.717) is 11.8 Å². The molecule has 1 saturated carbocycles. The van der Waals surface area contributed by atoms with Gasteiger partial charge in [0.25, 0.3) is 0 Å². The van der Waals surface area contributed by atoms with Crippen molar-refractivity contribution in [2.75, 3.05) is 0 Å². The number of rotatable bonds is 2. The second kappa shape index (κ2) is 3.12. The first-order chi connectivity index (χ1) is 7.64. The molecule has 2 nitrogen and oxygen atoms in total. The fourth-order valence-electron chi connectivity index (χ4n) is 4.02. The van der Waals surface area contributed by atoms with Gasteiger partial charge in [-0.15, -0.1) is 0 Å². The average molecular weight is 220 g/mol. The average Bonchev–Trinajstić information content (AvgIpc) is 2.94. The molecule has 0 aromatic heterocycles. The Morgan fingerprint density at radius 3 is 2.56 bits per heavy atom. The minimum absolute atomic E-state index is 0.0908. The van der Waals surface area contributed by atoms with Crippen molar-refractivity contribution < 1.29 is 9.53 Å². The summed E-state index contributed by atoms with van der Waals surface area (Å²) in [6, 6.07) is 0. The molecular weight excluding hydrogens is 200 g/mol. The van der Waals surface area contributed by atoms with Crippen molar-refractivity contribution in [3.8, 4) is 0 Å². The second-order valence-electron chi connectivity index (χ2n) is 5.80. The first-order valence-electron chi connectivity index (χ1n) is 6.56. The van der Waals surface area contributed by atoms with E-state index in [0.717, 1.165) is 25.7 Å². The Morgan fingerprint density at radius 2 is 2.12 bits per heavy atom. The topological polar surface area (TPSA) is 26.3 Å². The van der Waals surface area contributed by atoms with E-state index in [9.17, 15) is 4.79 Å². The van der Waals surface area contributed by atoms with Crippen LogP contribution >= 0.6 is 0 Å². The maximum atomic E-state index is 12.3. The Morgan fingerprint density at radius 1 is 1.38 bits per heavy atom. The van der Waals surface area contributed by atoms with E-state index in [-0.39, 0.29) is 17.0 Å². The number of fused-ring (bicyclic) bond motifs is 3. The lowest BCUT2D eigenvalue weighted by atomic mass is 9.70. The van der Waals surface area contributed by atoms with Gasteiger partial charge in [0.05, 0.1) is 5.41 Å². The molecule has 3 rings (SSSR count). The van der Waals surface area contributed by atoms with Gasteiger partial charge in [0.2, 0.25) is 0 Å². The Labute approximate surface area is 97.1 Å². The van der Waals surface area contributed by atoms with E-state index in [4.69, 9.17) is 4.74 Å². The van der Waals surface area contributed by atoms with Gasteiger partial charge >= 0.3 is 5.97 Å². The van der Waals surface area contributed by atoms with Crippen molar-refractivity contribution in [1.29, 1.82) is 0 Å². The maximum absolute atomic E-state index is 12.3. The fourth-order valence-corrected chi connectivity index (χ4v) is 4.02. The second-order valence-corrected chi connectivity index (χ2v) is 5.80. The Bertz CT molecular complexity index is 354. The first-order valence-corrected chi connectivity index (χ1v) is 6.56. The van der Waals surface area contributed by atoms with Crippen molar-refractivity contribution >= 4 is 5.97 Å². The number of hydrogen-bond acceptors (Lipinski definition) is 2. The van der Waals surface area contributed by atoms with Gasteiger partial charge < -0.3 is 4.74 Å². The number of carbonyl (C=O) groups is 1. The molecule has 2 fully saturated rings. The van der Waals surface area contributed by atoms with Crippen LogP contribution in [0.4, 0.5) is 0 Å². The highest BCUT2D eigenvalue weighted by Gasteiger charge is 2.62. The SMILES string of the molecule is CCC1(CC)CC2(CC3C=CC2C3)C(=O)O1. The first kappa shape index (κ1) is 10.4. The van der Waals surface area contributed by atoms with Crippen LogP contribution < -0.4 is 0 Å². The van der Waals surface area contributed by atoms with E-state index in [1.165, 1.54) is 6.42 Å². The van der Waals surface area contributed by atoms with Crippen LogP contribution in [-0.2, 0) is 9.53 Å². The normalized spacial score (nSPS) is 43.2. The molecule has 3 unspecified atom stereocenters. The number of allylic oxidation sites excluding steroid dienone is 2. The number of esters is 1. The van der Waals surface area contributed by atoms with E-state index in [1.54, 1.807) is 0 Å². The summed E-state index contributed by atoms with van der Waals surface area (Å²) in [5.41, 5.74) is -0.305.